The highest BCUT2D eigenvalue weighted by atomic mass is 35.5. The molecule has 0 spiro atoms. The van der Waals surface area contributed by atoms with Crippen molar-refractivity contribution in [3.63, 3.8) is 0 Å². The smallest absolute Gasteiger partial charge is 0.258 e. The van der Waals surface area contributed by atoms with Crippen LogP contribution in [0.4, 0.5) is 5.69 Å². The van der Waals surface area contributed by atoms with Gasteiger partial charge >= 0.3 is 0 Å². The van der Waals surface area contributed by atoms with Gasteiger partial charge in [0.2, 0.25) is 0 Å². The van der Waals surface area contributed by atoms with Crippen LogP contribution in [0.1, 0.15) is 39.2 Å². The van der Waals surface area contributed by atoms with Crippen LogP contribution < -0.4 is 0 Å². The Labute approximate surface area is 101 Å². The number of hydrogen-bond donors (Lipinski definition) is 0. The minimum absolute atomic E-state index is 0.117. The summed E-state index contributed by atoms with van der Waals surface area (Å²) < 4.78 is 0. The average molecular weight is 242 g/mol. The van der Waals surface area contributed by atoms with Crippen LogP contribution in [0.25, 0.3) is 0 Å². The fourth-order valence-electron chi connectivity index (χ4n) is 2.08. The molecule has 1 aromatic carbocycles. The molecule has 0 amide bonds. The van der Waals surface area contributed by atoms with Crippen LogP contribution in [0, 0.1) is 10.1 Å². The van der Waals surface area contributed by atoms with E-state index in [4.69, 9.17) is 11.6 Å². The van der Waals surface area contributed by atoms with E-state index in [-0.39, 0.29) is 16.0 Å². The molecule has 3 nitrogen and oxygen atoms in total. The first-order valence-corrected chi connectivity index (χ1v) is 5.71. The van der Waals surface area contributed by atoms with Crippen LogP contribution in [0.5, 0.6) is 0 Å². The third kappa shape index (κ3) is 2.53. The Morgan fingerprint density at radius 2 is 2.06 bits per heavy atom. The molecule has 0 saturated heterocycles. The molecule has 88 valence electrons. The molecule has 0 saturated carbocycles. The minimum Gasteiger partial charge on any atom is -0.258 e. The number of nitro benzene ring substituents is 1. The summed E-state index contributed by atoms with van der Waals surface area (Å²) in [5, 5.41) is 11.5. The first-order valence-electron chi connectivity index (χ1n) is 5.33. The van der Waals surface area contributed by atoms with Gasteiger partial charge in [0.1, 0.15) is 0 Å². The summed E-state index contributed by atoms with van der Waals surface area (Å²) in [6.07, 6.45) is 1.84. The van der Waals surface area contributed by atoms with Gasteiger partial charge in [-0.2, -0.15) is 0 Å². The van der Waals surface area contributed by atoms with E-state index in [0.29, 0.717) is 10.6 Å². The molecule has 0 N–H and O–H groups in total. The van der Waals surface area contributed by atoms with Crippen molar-refractivity contribution < 1.29 is 4.92 Å². The Morgan fingerprint density at radius 3 is 2.56 bits per heavy atom. The zero-order chi connectivity index (χ0) is 12.3. The van der Waals surface area contributed by atoms with Gasteiger partial charge in [0.25, 0.3) is 5.69 Å². The predicted molar refractivity (Wildman–Crippen MR) is 66.0 cm³/mol. The molecule has 0 radical (unpaired) electrons. The summed E-state index contributed by atoms with van der Waals surface area (Å²) in [5.41, 5.74) is 0.490. The molecule has 0 bridgehead atoms. The van der Waals surface area contributed by atoms with Gasteiger partial charge in [-0.25, -0.2) is 0 Å². The normalized spacial score (nSPS) is 11.5. The largest absolute Gasteiger partial charge is 0.274 e. The van der Waals surface area contributed by atoms with E-state index in [1.54, 1.807) is 12.1 Å². The first kappa shape index (κ1) is 13.0. The standard InChI is InChI=1S/C12H16ClNO2/c1-4-8-12(2,3)11-9(13)6-5-7-10(11)14(15)16/h5-7H,4,8H2,1-3H3. The van der Waals surface area contributed by atoms with E-state index in [2.05, 4.69) is 6.92 Å². The summed E-state index contributed by atoms with van der Waals surface area (Å²) in [6.45, 7) is 6.04. The second kappa shape index (κ2) is 4.83. The van der Waals surface area contributed by atoms with Gasteiger partial charge in [0.05, 0.1) is 15.5 Å². The van der Waals surface area contributed by atoms with E-state index >= 15 is 0 Å². The van der Waals surface area contributed by atoms with Gasteiger partial charge in [-0.3, -0.25) is 10.1 Å². The van der Waals surface area contributed by atoms with Gasteiger partial charge in [0, 0.05) is 6.07 Å². The maximum atomic E-state index is 11.0. The Balaban J connectivity index is 3.35. The monoisotopic (exact) mass is 241 g/mol. The molecule has 1 aromatic rings. The molecule has 16 heavy (non-hydrogen) atoms. The second-order valence-corrected chi connectivity index (χ2v) is 4.93. The molecule has 0 fully saturated rings. The van der Waals surface area contributed by atoms with Crippen molar-refractivity contribution >= 4 is 17.3 Å². The van der Waals surface area contributed by atoms with Gasteiger partial charge < -0.3 is 0 Å². The Bertz CT molecular complexity index is 402. The molecule has 0 aromatic heterocycles. The maximum absolute atomic E-state index is 11.0. The van der Waals surface area contributed by atoms with Gasteiger partial charge in [0.15, 0.2) is 0 Å². The number of halogens is 1. The van der Waals surface area contributed by atoms with Crippen LogP contribution in [0.2, 0.25) is 5.02 Å². The maximum Gasteiger partial charge on any atom is 0.274 e. The van der Waals surface area contributed by atoms with Crippen LogP contribution in [0.15, 0.2) is 18.2 Å². The molecular formula is C12H16ClNO2. The highest BCUT2D eigenvalue weighted by molar-refractivity contribution is 6.31. The van der Waals surface area contributed by atoms with Crippen LogP contribution in [-0.4, -0.2) is 4.92 Å². The van der Waals surface area contributed by atoms with Crippen molar-refractivity contribution in [3.8, 4) is 0 Å². The Kier molecular flexibility index (Phi) is 3.92. The third-order valence-corrected chi connectivity index (χ3v) is 3.06. The lowest BCUT2D eigenvalue weighted by molar-refractivity contribution is -0.386. The lowest BCUT2D eigenvalue weighted by Gasteiger charge is -2.25. The van der Waals surface area contributed by atoms with Crippen molar-refractivity contribution in [3.05, 3.63) is 38.9 Å². The number of nitro groups is 1. The number of benzene rings is 1. The fourth-order valence-corrected chi connectivity index (χ4v) is 2.51. The summed E-state index contributed by atoms with van der Waals surface area (Å²) in [4.78, 5) is 10.6. The Hall–Kier alpha value is -1.09. The summed E-state index contributed by atoms with van der Waals surface area (Å²) in [7, 11) is 0. The summed E-state index contributed by atoms with van der Waals surface area (Å²) in [5.74, 6) is 0. The number of hydrogen-bond acceptors (Lipinski definition) is 2. The molecule has 0 aliphatic carbocycles. The van der Waals surface area contributed by atoms with Gasteiger partial charge in [-0.1, -0.05) is 44.9 Å². The second-order valence-electron chi connectivity index (χ2n) is 4.52. The Morgan fingerprint density at radius 1 is 1.44 bits per heavy atom. The lowest BCUT2D eigenvalue weighted by atomic mass is 9.80. The fraction of sp³-hybridized carbons (Fsp3) is 0.500. The molecular weight excluding hydrogens is 226 g/mol. The van der Waals surface area contributed by atoms with Crippen molar-refractivity contribution in [1.82, 2.24) is 0 Å². The van der Waals surface area contributed by atoms with Crippen LogP contribution in [0.3, 0.4) is 0 Å². The SMILES string of the molecule is CCCC(C)(C)c1c(Cl)cccc1[N+](=O)[O-]. The quantitative estimate of drug-likeness (QED) is 0.582. The molecule has 0 atom stereocenters. The van der Waals surface area contributed by atoms with Crippen LogP contribution in [-0.2, 0) is 5.41 Å². The van der Waals surface area contributed by atoms with Gasteiger partial charge in [-0.05, 0) is 17.9 Å². The van der Waals surface area contributed by atoms with Crippen molar-refractivity contribution in [2.75, 3.05) is 0 Å². The summed E-state index contributed by atoms with van der Waals surface area (Å²) >= 11 is 6.09. The minimum atomic E-state index is -0.362. The van der Waals surface area contributed by atoms with E-state index in [1.165, 1.54) is 6.07 Å². The highest BCUT2D eigenvalue weighted by Gasteiger charge is 2.30. The first-order chi connectivity index (χ1) is 7.40. The summed E-state index contributed by atoms with van der Waals surface area (Å²) in [6, 6.07) is 4.84. The average Bonchev–Trinajstić information content (AvgIpc) is 2.16. The van der Waals surface area contributed by atoms with E-state index in [1.807, 2.05) is 13.8 Å². The highest BCUT2D eigenvalue weighted by Crippen LogP contribution is 2.39. The lowest BCUT2D eigenvalue weighted by Crippen LogP contribution is -2.19. The number of nitrogens with zero attached hydrogens (tertiary/aromatic N) is 1. The third-order valence-electron chi connectivity index (χ3n) is 2.74. The topological polar surface area (TPSA) is 43.1 Å². The predicted octanol–water partition coefficient (Wildman–Crippen LogP) is 4.33. The molecule has 0 aliphatic rings. The van der Waals surface area contributed by atoms with Crippen molar-refractivity contribution in [2.45, 2.75) is 39.0 Å². The molecule has 0 heterocycles. The van der Waals surface area contributed by atoms with Gasteiger partial charge in [-0.15, -0.1) is 0 Å². The molecule has 4 heteroatoms. The van der Waals surface area contributed by atoms with E-state index < -0.39 is 0 Å². The van der Waals surface area contributed by atoms with E-state index in [0.717, 1.165) is 12.8 Å². The zero-order valence-corrected chi connectivity index (χ0v) is 10.5. The molecule has 0 aliphatic heterocycles. The van der Waals surface area contributed by atoms with Crippen molar-refractivity contribution in [2.24, 2.45) is 0 Å². The molecule has 1 rings (SSSR count). The van der Waals surface area contributed by atoms with Crippen molar-refractivity contribution in [1.29, 1.82) is 0 Å². The van der Waals surface area contributed by atoms with Crippen LogP contribution >= 0.6 is 11.6 Å². The zero-order valence-electron chi connectivity index (χ0n) is 9.79. The van der Waals surface area contributed by atoms with E-state index in [9.17, 15) is 10.1 Å². The molecule has 0 unspecified atom stereocenters. The number of rotatable bonds is 4.